The Bertz CT molecular complexity index is 1250. The molecule has 0 spiro atoms. The SMILES string of the molecule is CCc1ccc2oc(-c3cccc(NC(=S)NC(=O)c4cccc(Cl)c4)c3)nc2c1. The second-order valence-corrected chi connectivity index (χ2v) is 7.52. The lowest BCUT2D eigenvalue weighted by molar-refractivity contribution is 0.0977. The summed E-state index contributed by atoms with van der Waals surface area (Å²) >= 11 is 11.2. The van der Waals surface area contributed by atoms with Crippen molar-refractivity contribution in [3.8, 4) is 11.5 Å². The number of nitrogens with zero attached hydrogens (tertiary/aromatic N) is 1. The fraction of sp³-hybridized carbons (Fsp3) is 0.0870. The highest BCUT2D eigenvalue weighted by molar-refractivity contribution is 7.80. The van der Waals surface area contributed by atoms with Crippen molar-refractivity contribution >= 4 is 51.6 Å². The molecule has 3 aromatic carbocycles. The van der Waals surface area contributed by atoms with E-state index in [2.05, 4.69) is 22.5 Å². The van der Waals surface area contributed by atoms with Crippen molar-refractivity contribution in [1.29, 1.82) is 0 Å². The number of carbonyl (C=O) groups is 1. The second kappa shape index (κ2) is 8.65. The molecule has 0 aliphatic heterocycles. The van der Waals surface area contributed by atoms with Crippen molar-refractivity contribution in [2.45, 2.75) is 13.3 Å². The molecule has 0 unspecified atom stereocenters. The first-order chi connectivity index (χ1) is 14.5. The van der Waals surface area contributed by atoms with E-state index in [1.807, 2.05) is 42.5 Å². The van der Waals surface area contributed by atoms with Gasteiger partial charge in [-0.2, -0.15) is 0 Å². The molecule has 0 bridgehead atoms. The maximum absolute atomic E-state index is 12.3. The maximum Gasteiger partial charge on any atom is 0.257 e. The van der Waals surface area contributed by atoms with Gasteiger partial charge in [-0.05, 0) is 72.7 Å². The average molecular weight is 436 g/mol. The number of amides is 1. The van der Waals surface area contributed by atoms with Crippen LogP contribution >= 0.6 is 23.8 Å². The molecule has 1 aromatic heterocycles. The van der Waals surface area contributed by atoms with E-state index < -0.39 is 0 Å². The van der Waals surface area contributed by atoms with E-state index in [9.17, 15) is 4.79 Å². The molecule has 30 heavy (non-hydrogen) atoms. The van der Waals surface area contributed by atoms with Gasteiger partial charge in [0.2, 0.25) is 5.89 Å². The quantitative estimate of drug-likeness (QED) is 0.394. The summed E-state index contributed by atoms with van der Waals surface area (Å²) in [6, 6.07) is 20.2. The minimum absolute atomic E-state index is 0.183. The Labute approximate surface area is 184 Å². The van der Waals surface area contributed by atoms with Crippen LogP contribution in [-0.2, 0) is 6.42 Å². The number of anilines is 1. The number of aromatic nitrogens is 1. The van der Waals surface area contributed by atoms with Crippen molar-refractivity contribution in [2.24, 2.45) is 0 Å². The number of aryl methyl sites for hydroxylation is 1. The van der Waals surface area contributed by atoms with Gasteiger partial charge in [0, 0.05) is 21.8 Å². The molecule has 2 N–H and O–H groups in total. The Hall–Kier alpha value is -3.22. The lowest BCUT2D eigenvalue weighted by Gasteiger charge is -2.10. The van der Waals surface area contributed by atoms with Gasteiger partial charge in [0.25, 0.3) is 5.91 Å². The summed E-state index contributed by atoms with van der Waals surface area (Å²) in [7, 11) is 0. The van der Waals surface area contributed by atoms with E-state index in [0.29, 0.717) is 22.2 Å². The predicted octanol–water partition coefficient (Wildman–Crippen LogP) is 5.84. The van der Waals surface area contributed by atoms with Crippen molar-refractivity contribution in [1.82, 2.24) is 10.3 Å². The van der Waals surface area contributed by atoms with Gasteiger partial charge in [-0.15, -0.1) is 0 Å². The lowest BCUT2D eigenvalue weighted by Crippen LogP contribution is -2.34. The Morgan fingerprint density at radius 3 is 2.73 bits per heavy atom. The van der Waals surface area contributed by atoms with Crippen molar-refractivity contribution in [3.05, 3.63) is 82.9 Å². The smallest absolute Gasteiger partial charge is 0.257 e. The highest BCUT2D eigenvalue weighted by Crippen LogP contribution is 2.27. The summed E-state index contributed by atoms with van der Waals surface area (Å²) < 4.78 is 5.89. The number of hydrogen-bond acceptors (Lipinski definition) is 4. The third-order valence-electron chi connectivity index (χ3n) is 4.54. The van der Waals surface area contributed by atoms with Crippen LogP contribution < -0.4 is 10.6 Å². The summed E-state index contributed by atoms with van der Waals surface area (Å²) in [5.41, 5.74) is 4.72. The van der Waals surface area contributed by atoms with E-state index in [4.69, 9.17) is 28.2 Å². The molecule has 0 saturated heterocycles. The molecule has 0 radical (unpaired) electrons. The molecular formula is C23H18ClN3O2S. The van der Waals surface area contributed by atoms with Gasteiger partial charge in [0.05, 0.1) is 0 Å². The van der Waals surface area contributed by atoms with Crippen molar-refractivity contribution in [3.63, 3.8) is 0 Å². The highest BCUT2D eigenvalue weighted by Gasteiger charge is 2.11. The van der Waals surface area contributed by atoms with E-state index in [0.717, 1.165) is 23.1 Å². The Morgan fingerprint density at radius 1 is 1.10 bits per heavy atom. The van der Waals surface area contributed by atoms with Gasteiger partial charge in [0.15, 0.2) is 10.7 Å². The zero-order chi connectivity index (χ0) is 21.1. The van der Waals surface area contributed by atoms with E-state index >= 15 is 0 Å². The van der Waals surface area contributed by atoms with Crippen LogP contribution in [0.2, 0.25) is 5.02 Å². The molecule has 7 heteroatoms. The van der Waals surface area contributed by atoms with Crippen LogP contribution in [0.4, 0.5) is 5.69 Å². The van der Waals surface area contributed by atoms with Gasteiger partial charge in [-0.25, -0.2) is 4.98 Å². The van der Waals surface area contributed by atoms with Crippen LogP contribution in [0.5, 0.6) is 0 Å². The zero-order valence-corrected chi connectivity index (χ0v) is 17.7. The lowest BCUT2D eigenvalue weighted by atomic mass is 10.1. The van der Waals surface area contributed by atoms with Gasteiger partial charge in [-0.3, -0.25) is 10.1 Å². The number of hydrogen-bond donors (Lipinski definition) is 2. The third kappa shape index (κ3) is 4.50. The van der Waals surface area contributed by atoms with E-state index in [1.165, 1.54) is 5.56 Å². The molecule has 0 atom stereocenters. The zero-order valence-electron chi connectivity index (χ0n) is 16.1. The second-order valence-electron chi connectivity index (χ2n) is 6.67. The maximum atomic E-state index is 12.3. The Morgan fingerprint density at radius 2 is 1.93 bits per heavy atom. The summed E-state index contributed by atoms with van der Waals surface area (Å²) in [5.74, 6) is 0.188. The topological polar surface area (TPSA) is 67.2 Å². The molecule has 0 saturated carbocycles. The third-order valence-corrected chi connectivity index (χ3v) is 4.98. The number of thiocarbonyl (C=S) groups is 1. The number of nitrogens with one attached hydrogen (secondary N) is 2. The average Bonchev–Trinajstić information content (AvgIpc) is 3.17. The summed E-state index contributed by atoms with van der Waals surface area (Å²) in [6.07, 6.45) is 0.940. The van der Waals surface area contributed by atoms with Crippen LogP contribution in [0.1, 0.15) is 22.8 Å². The largest absolute Gasteiger partial charge is 0.436 e. The molecule has 5 nitrogen and oxygen atoms in total. The molecule has 0 aliphatic rings. The molecule has 1 heterocycles. The molecule has 1 amide bonds. The molecule has 4 aromatic rings. The molecule has 150 valence electrons. The van der Waals surface area contributed by atoms with Crippen LogP contribution in [-0.4, -0.2) is 16.0 Å². The number of benzene rings is 3. The summed E-state index contributed by atoms with van der Waals surface area (Å²) in [4.78, 5) is 16.9. The monoisotopic (exact) mass is 435 g/mol. The first-order valence-electron chi connectivity index (χ1n) is 9.39. The fourth-order valence-corrected chi connectivity index (χ4v) is 3.41. The first-order valence-corrected chi connectivity index (χ1v) is 10.2. The number of carbonyl (C=O) groups excluding carboxylic acids is 1. The summed E-state index contributed by atoms with van der Waals surface area (Å²) in [5, 5.41) is 6.33. The van der Waals surface area contributed by atoms with Crippen molar-refractivity contribution in [2.75, 3.05) is 5.32 Å². The van der Waals surface area contributed by atoms with E-state index in [-0.39, 0.29) is 11.0 Å². The highest BCUT2D eigenvalue weighted by atomic mass is 35.5. The Balaban J connectivity index is 1.49. The van der Waals surface area contributed by atoms with Crippen LogP contribution in [0, 0.1) is 0 Å². The predicted molar refractivity (Wildman–Crippen MR) is 124 cm³/mol. The fourth-order valence-electron chi connectivity index (χ4n) is 3.01. The minimum Gasteiger partial charge on any atom is -0.436 e. The molecule has 4 rings (SSSR count). The standard InChI is InChI=1S/C23H18ClN3O2S/c1-2-14-9-10-20-19(11-14)26-22(29-20)16-6-4-8-18(13-16)25-23(30)27-21(28)15-5-3-7-17(24)12-15/h3-13H,2H2,1H3,(H2,25,27,28,30). The van der Waals surface area contributed by atoms with Gasteiger partial charge >= 0.3 is 0 Å². The first kappa shape index (κ1) is 20.1. The van der Waals surface area contributed by atoms with Crippen LogP contribution in [0.25, 0.3) is 22.6 Å². The van der Waals surface area contributed by atoms with E-state index in [1.54, 1.807) is 24.3 Å². The molecule has 0 fully saturated rings. The Kier molecular flexibility index (Phi) is 5.79. The van der Waals surface area contributed by atoms with Gasteiger partial charge < -0.3 is 9.73 Å². The van der Waals surface area contributed by atoms with Crippen LogP contribution in [0.15, 0.2) is 71.1 Å². The van der Waals surface area contributed by atoms with Crippen LogP contribution in [0.3, 0.4) is 0 Å². The number of halogens is 1. The molecule has 0 aliphatic carbocycles. The van der Waals surface area contributed by atoms with Gasteiger partial charge in [-0.1, -0.05) is 36.7 Å². The number of oxazole rings is 1. The number of rotatable bonds is 4. The minimum atomic E-state index is -0.336. The normalized spacial score (nSPS) is 10.7. The number of fused-ring (bicyclic) bond motifs is 1. The van der Waals surface area contributed by atoms with Gasteiger partial charge in [0.1, 0.15) is 5.52 Å². The van der Waals surface area contributed by atoms with Crippen molar-refractivity contribution < 1.29 is 9.21 Å². The molecular weight excluding hydrogens is 418 g/mol. The summed E-state index contributed by atoms with van der Waals surface area (Å²) in [6.45, 7) is 2.10.